The van der Waals surface area contributed by atoms with Gasteiger partial charge in [0, 0.05) is 55.5 Å². The number of esters is 1. The molecule has 2 aliphatic heterocycles. The van der Waals surface area contributed by atoms with Crippen molar-refractivity contribution >= 4 is 80.4 Å². The third kappa shape index (κ3) is 11.5. The Balaban J connectivity index is 1.15. The molecule has 2 unspecified atom stereocenters. The molecular weight excluding hydrogens is 963 g/mol. The van der Waals surface area contributed by atoms with E-state index >= 15 is 0 Å². The van der Waals surface area contributed by atoms with Crippen molar-refractivity contribution in [1.82, 2.24) is 15.2 Å². The van der Waals surface area contributed by atoms with Gasteiger partial charge >= 0.3 is 12.1 Å². The molecule has 6 aromatic rings. The molecule has 0 bridgehead atoms. The van der Waals surface area contributed by atoms with Gasteiger partial charge in [0.25, 0.3) is 11.8 Å². The summed E-state index contributed by atoms with van der Waals surface area (Å²) in [7, 11) is -1.08. The van der Waals surface area contributed by atoms with Gasteiger partial charge in [-0.15, -0.1) is 23.1 Å². The average Bonchev–Trinajstić information content (AvgIpc) is 3.82. The molecule has 5 aromatic carbocycles. The number of oxime groups is 1. The predicted octanol–water partition coefficient (Wildman–Crippen LogP) is 9.77. The summed E-state index contributed by atoms with van der Waals surface area (Å²) >= 11 is 3.66. The van der Waals surface area contributed by atoms with E-state index in [1.807, 2.05) is 152 Å². The third-order valence-corrected chi connectivity index (χ3v) is 14.7. The average molecular weight is 1010 g/mol. The van der Waals surface area contributed by atoms with E-state index in [1.54, 1.807) is 43.9 Å². The molecule has 2 aliphatic rings. The number of nitrogens with one attached hydrogen (secondary N) is 2. The number of benzene rings is 5. The zero-order valence-corrected chi connectivity index (χ0v) is 41.8. The Labute approximate surface area is 421 Å². The highest BCUT2D eigenvalue weighted by Gasteiger charge is 2.55. The summed E-state index contributed by atoms with van der Waals surface area (Å²) in [5.41, 5.74) is 1.25. The Kier molecular flexibility index (Phi) is 15.8. The van der Waals surface area contributed by atoms with Gasteiger partial charge in [0.05, 0.1) is 0 Å². The monoisotopic (exact) mass is 1010 g/mol. The van der Waals surface area contributed by atoms with Gasteiger partial charge in [-0.25, -0.2) is 14.6 Å². The van der Waals surface area contributed by atoms with Crippen molar-refractivity contribution < 1.29 is 37.7 Å². The molecule has 3 heterocycles. The molecule has 0 aliphatic carbocycles. The molecule has 70 heavy (non-hydrogen) atoms. The van der Waals surface area contributed by atoms with Crippen LogP contribution in [0.4, 0.5) is 9.93 Å². The number of hydrogen-bond acceptors (Lipinski definition) is 13. The molecular formula is C53H49N5O8S4. The van der Waals surface area contributed by atoms with Gasteiger partial charge in [0.15, 0.2) is 16.9 Å². The quantitative estimate of drug-likeness (QED) is 0.0294. The third-order valence-electron chi connectivity index (χ3n) is 10.9. The van der Waals surface area contributed by atoms with E-state index in [0.29, 0.717) is 33.1 Å². The fraction of sp³-hybridized carbons (Fsp3) is 0.208. The zero-order valence-electron chi connectivity index (χ0n) is 38.6. The number of hydrogen-bond donors (Lipinski definition) is 2. The van der Waals surface area contributed by atoms with Crippen LogP contribution in [-0.2, 0) is 45.1 Å². The van der Waals surface area contributed by atoms with Crippen molar-refractivity contribution in [3.05, 3.63) is 213 Å². The first-order valence-corrected chi connectivity index (χ1v) is 26.7. The molecule has 8 rings (SSSR count). The maximum Gasteiger partial charge on any atom is 0.413 e. The maximum atomic E-state index is 14.9. The highest BCUT2D eigenvalue weighted by Crippen LogP contribution is 2.45. The van der Waals surface area contributed by atoms with Crippen molar-refractivity contribution in [3.63, 3.8) is 0 Å². The Hall–Kier alpha value is -6.79. The van der Waals surface area contributed by atoms with Crippen molar-refractivity contribution in [2.75, 3.05) is 23.1 Å². The summed E-state index contributed by atoms with van der Waals surface area (Å²) in [6.07, 6.45) is 1.81. The normalized spacial score (nSPS) is 16.6. The first-order valence-electron chi connectivity index (χ1n) is 22.1. The summed E-state index contributed by atoms with van der Waals surface area (Å²) in [5, 5.41) is 12.9. The Bertz CT molecular complexity index is 2790. The van der Waals surface area contributed by atoms with Gasteiger partial charge in [-0.05, 0) is 37.3 Å². The summed E-state index contributed by atoms with van der Waals surface area (Å²) in [5.74, 6) is -1.47. The van der Waals surface area contributed by atoms with Crippen LogP contribution in [0.15, 0.2) is 184 Å². The first kappa shape index (κ1) is 49.6. The van der Waals surface area contributed by atoms with E-state index in [2.05, 4.69) is 20.8 Å². The lowest BCUT2D eigenvalue weighted by Gasteiger charge is -2.49. The van der Waals surface area contributed by atoms with E-state index in [-0.39, 0.29) is 22.2 Å². The lowest BCUT2D eigenvalue weighted by molar-refractivity contribution is -0.154. The van der Waals surface area contributed by atoms with Crippen LogP contribution >= 0.6 is 34.9 Å². The molecule has 17 heteroatoms. The van der Waals surface area contributed by atoms with Crippen LogP contribution in [0.3, 0.4) is 0 Å². The zero-order chi connectivity index (χ0) is 49.3. The number of fused-ring (bicyclic) bond motifs is 1. The summed E-state index contributed by atoms with van der Waals surface area (Å²) in [6, 6.07) is 46.0. The minimum atomic E-state index is -1.39. The number of nitrogens with zero attached hydrogens (tertiary/aromatic N) is 3. The number of rotatable bonds is 17. The van der Waals surface area contributed by atoms with E-state index in [0.717, 1.165) is 22.5 Å². The van der Waals surface area contributed by atoms with Crippen molar-refractivity contribution in [2.24, 2.45) is 5.16 Å². The van der Waals surface area contributed by atoms with Gasteiger partial charge in [-0.1, -0.05) is 175 Å². The number of β-lactam (4-membered cyclic amide) rings is 1. The Morgan fingerprint density at radius 1 is 0.843 bits per heavy atom. The number of anilines is 1. The lowest BCUT2D eigenvalue weighted by Crippen LogP contribution is -2.71. The van der Waals surface area contributed by atoms with Gasteiger partial charge in [-0.2, -0.15) is 0 Å². The molecule has 1 fully saturated rings. The first-order chi connectivity index (χ1) is 33.8. The van der Waals surface area contributed by atoms with Gasteiger partial charge in [0.1, 0.15) is 28.4 Å². The standard InChI is InChI=1S/C53H49N5O8S4/c1-52(2,3)65-51(62)56-50-54-40(33-69-50)42(57-66-53(37-25-14-7-15-26-37,38-27-16-8-17-28-38)39-29-18-9-19-30-39)46(59)55-43-47(60)58-44(41(34-68-48(43)58)67-31-20-32-70(4)63)49(61)64-45(35-21-10-5-11-22-35)36-23-12-6-13-24-36/h5-31,33,43,45,48H,32,34H2,1-4H3,(H,55,59)(H,54,56,62)/b31-20-,57-42-/t43?,48-,70?/m1/s1. The van der Waals surface area contributed by atoms with E-state index in [1.165, 1.54) is 28.4 Å². The Morgan fingerprint density at radius 2 is 1.37 bits per heavy atom. The highest BCUT2D eigenvalue weighted by molar-refractivity contribution is 8.08. The van der Waals surface area contributed by atoms with Crippen LogP contribution in [0, 0.1) is 0 Å². The van der Waals surface area contributed by atoms with Gasteiger partial charge < -0.3 is 19.6 Å². The molecule has 3 amide bonds. The summed E-state index contributed by atoms with van der Waals surface area (Å²) in [6.45, 7) is 5.21. The smallest absolute Gasteiger partial charge is 0.413 e. The number of carbonyl (C=O) groups is 4. The Morgan fingerprint density at radius 3 is 1.89 bits per heavy atom. The van der Waals surface area contributed by atoms with Gasteiger partial charge in [0.2, 0.25) is 5.60 Å². The molecule has 1 saturated heterocycles. The molecule has 358 valence electrons. The van der Waals surface area contributed by atoms with Crippen LogP contribution in [0.1, 0.15) is 60.4 Å². The van der Waals surface area contributed by atoms with E-state index < -0.39 is 63.4 Å². The lowest BCUT2D eigenvalue weighted by atomic mass is 9.80. The van der Waals surface area contributed by atoms with Crippen LogP contribution in [0.2, 0.25) is 0 Å². The molecule has 3 atom stereocenters. The summed E-state index contributed by atoms with van der Waals surface area (Å²) < 4.78 is 23.7. The second kappa shape index (κ2) is 22.3. The van der Waals surface area contributed by atoms with Crippen LogP contribution < -0.4 is 10.6 Å². The van der Waals surface area contributed by atoms with Crippen LogP contribution in [0.25, 0.3) is 0 Å². The SMILES string of the molecule is CS(=O)C/C=C\SC1=C(C(=O)OC(c2ccccc2)c2ccccc2)N2C(=O)C(NC(=O)/C(=N\OC(c3ccccc3)(c3ccccc3)c3ccccc3)c3csc(NC(=O)OC(C)(C)C)n3)[C@H]2SC1. The number of aromatic nitrogens is 1. The topological polar surface area (TPSA) is 166 Å². The number of thioether (sulfide) groups is 2. The number of amides is 3. The van der Waals surface area contributed by atoms with E-state index in [9.17, 15) is 23.4 Å². The molecule has 1 aromatic heterocycles. The number of ether oxygens (including phenoxy) is 2. The fourth-order valence-electron chi connectivity index (χ4n) is 7.76. The van der Waals surface area contributed by atoms with Crippen molar-refractivity contribution in [2.45, 2.75) is 49.5 Å². The fourth-order valence-corrected chi connectivity index (χ4v) is 11.2. The molecule has 0 radical (unpaired) electrons. The highest BCUT2D eigenvalue weighted by atomic mass is 32.2. The number of carbonyl (C=O) groups excluding carboxylic acids is 4. The minimum absolute atomic E-state index is 0.0482. The molecule has 13 nitrogen and oxygen atoms in total. The summed E-state index contributed by atoms with van der Waals surface area (Å²) in [4.78, 5) is 70.2. The predicted molar refractivity (Wildman–Crippen MR) is 277 cm³/mol. The van der Waals surface area contributed by atoms with Crippen LogP contribution in [0.5, 0.6) is 0 Å². The minimum Gasteiger partial charge on any atom is -0.448 e. The van der Waals surface area contributed by atoms with E-state index in [4.69, 9.17) is 14.3 Å². The second-order valence-corrected chi connectivity index (χ2v) is 21.4. The maximum absolute atomic E-state index is 14.9. The molecule has 0 saturated carbocycles. The largest absolute Gasteiger partial charge is 0.448 e. The van der Waals surface area contributed by atoms with Crippen molar-refractivity contribution in [1.29, 1.82) is 0 Å². The van der Waals surface area contributed by atoms with Crippen LogP contribution in [-0.4, -0.2) is 78.5 Å². The second-order valence-electron chi connectivity index (χ2n) is 16.9. The van der Waals surface area contributed by atoms with Gasteiger partial charge in [-0.3, -0.25) is 24.0 Å². The van der Waals surface area contributed by atoms with Crippen molar-refractivity contribution in [3.8, 4) is 0 Å². The molecule has 0 spiro atoms. The molecule has 2 N–H and O–H groups in total. The number of thiazole rings is 1.